The Morgan fingerprint density at radius 1 is 1.19 bits per heavy atom. The second-order valence-electron chi connectivity index (χ2n) is 8.73. The van der Waals surface area contributed by atoms with Crippen LogP contribution in [0.25, 0.3) is 0 Å². The first-order valence-corrected chi connectivity index (χ1v) is 11.5. The highest BCUT2D eigenvalue weighted by molar-refractivity contribution is 5.96. The summed E-state index contributed by atoms with van der Waals surface area (Å²) in [7, 11) is 0. The van der Waals surface area contributed by atoms with E-state index >= 15 is 0 Å². The van der Waals surface area contributed by atoms with Crippen molar-refractivity contribution < 1.29 is 19.4 Å². The molecule has 2 aromatic rings. The van der Waals surface area contributed by atoms with Crippen molar-refractivity contribution in [1.29, 1.82) is 0 Å². The van der Waals surface area contributed by atoms with Crippen molar-refractivity contribution in [2.75, 3.05) is 18.5 Å². The van der Waals surface area contributed by atoms with Gasteiger partial charge in [0, 0.05) is 30.8 Å². The zero-order valence-corrected chi connectivity index (χ0v) is 18.3. The first-order valence-electron chi connectivity index (χ1n) is 11.5. The van der Waals surface area contributed by atoms with E-state index in [1.54, 1.807) is 24.3 Å². The molecule has 1 aromatic heterocycles. The zero-order chi connectivity index (χ0) is 22.3. The van der Waals surface area contributed by atoms with Gasteiger partial charge in [-0.05, 0) is 68.2 Å². The van der Waals surface area contributed by atoms with Crippen molar-refractivity contribution in [2.24, 2.45) is 5.92 Å². The van der Waals surface area contributed by atoms with E-state index in [4.69, 9.17) is 9.72 Å². The zero-order valence-electron chi connectivity index (χ0n) is 18.3. The Balaban J connectivity index is 1.14. The average molecular weight is 438 g/mol. The summed E-state index contributed by atoms with van der Waals surface area (Å²) >= 11 is 0. The predicted octanol–water partition coefficient (Wildman–Crippen LogP) is 3.44. The molecule has 0 radical (unpaired) electrons. The number of carboxylic acids is 1. The fourth-order valence-electron chi connectivity index (χ4n) is 4.35. The Bertz CT molecular complexity index is 928. The lowest BCUT2D eigenvalue weighted by atomic mass is 9.79. The number of benzene rings is 1. The maximum Gasteiger partial charge on any atom is 0.326 e. The molecule has 1 saturated carbocycles. The van der Waals surface area contributed by atoms with Gasteiger partial charge in [0.15, 0.2) is 0 Å². The summed E-state index contributed by atoms with van der Waals surface area (Å²) in [5.41, 5.74) is 2.91. The largest absolute Gasteiger partial charge is 0.480 e. The van der Waals surface area contributed by atoms with E-state index < -0.39 is 12.0 Å². The summed E-state index contributed by atoms with van der Waals surface area (Å²) in [4.78, 5) is 28.5. The molecule has 0 bridgehead atoms. The molecule has 7 heteroatoms. The van der Waals surface area contributed by atoms with Crippen LogP contribution in [-0.4, -0.2) is 47.3 Å². The number of aliphatic carboxylic acids is 1. The fraction of sp³-hybridized carbons (Fsp3) is 0.480. The lowest BCUT2D eigenvalue weighted by Crippen LogP contribution is -2.42. The molecule has 0 spiro atoms. The van der Waals surface area contributed by atoms with Crippen LogP contribution in [0, 0.1) is 5.92 Å². The second kappa shape index (κ2) is 10.6. The third kappa shape index (κ3) is 5.85. The molecule has 1 aromatic carbocycles. The van der Waals surface area contributed by atoms with E-state index in [1.165, 1.54) is 12.0 Å². The Morgan fingerprint density at radius 2 is 2.00 bits per heavy atom. The number of carbonyl (C=O) groups excluding carboxylic acids is 1. The monoisotopic (exact) mass is 437 g/mol. The van der Waals surface area contributed by atoms with E-state index in [0.29, 0.717) is 18.1 Å². The smallest absolute Gasteiger partial charge is 0.326 e. The molecule has 170 valence electrons. The summed E-state index contributed by atoms with van der Waals surface area (Å²) in [6.07, 6.45) is 6.77. The molecule has 7 nitrogen and oxygen atoms in total. The van der Waals surface area contributed by atoms with Crippen molar-refractivity contribution in [3.63, 3.8) is 0 Å². The molecule has 1 aliphatic heterocycles. The number of amides is 1. The molecule has 2 heterocycles. The summed E-state index contributed by atoms with van der Waals surface area (Å²) in [6, 6.07) is 12.0. The number of fused-ring (bicyclic) bond motifs is 1. The molecule has 1 amide bonds. The highest BCUT2D eigenvalue weighted by Crippen LogP contribution is 2.34. The van der Waals surface area contributed by atoms with Crippen molar-refractivity contribution in [3.05, 3.63) is 59.3 Å². The molecular weight excluding hydrogens is 406 g/mol. The number of pyridine rings is 1. The molecular formula is C25H31N3O4. The topological polar surface area (TPSA) is 101 Å². The van der Waals surface area contributed by atoms with Crippen molar-refractivity contribution in [2.45, 2.75) is 57.1 Å². The molecule has 1 atom stereocenters. The molecule has 0 unspecified atom stereocenters. The number of nitrogens with zero attached hydrogens (tertiary/aromatic N) is 1. The van der Waals surface area contributed by atoms with E-state index in [0.717, 1.165) is 50.2 Å². The number of aromatic nitrogens is 1. The van der Waals surface area contributed by atoms with Crippen LogP contribution in [0.2, 0.25) is 0 Å². The first-order chi connectivity index (χ1) is 15.6. The average Bonchev–Trinajstić information content (AvgIpc) is 2.79. The van der Waals surface area contributed by atoms with Crippen LogP contribution >= 0.6 is 0 Å². The molecule has 1 aliphatic carbocycles. The number of hydrogen-bond acceptors (Lipinski definition) is 5. The number of hydrogen-bond donors (Lipinski definition) is 3. The minimum atomic E-state index is -1.04. The maximum absolute atomic E-state index is 12.2. The van der Waals surface area contributed by atoms with Crippen molar-refractivity contribution >= 4 is 17.7 Å². The van der Waals surface area contributed by atoms with Crippen LogP contribution in [0.4, 0.5) is 5.82 Å². The van der Waals surface area contributed by atoms with Crippen LogP contribution in [0.3, 0.4) is 0 Å². The van der Waals surface area contributed by atoms with Crippen LogP contribution in [0.1, 0.15) is 53.7 Å². The van der Waals surface area contributed by atoms with Gasteiger partial charge in [-0.3, -0.25) is 4.79 Å². The maximum atomic E-state index is 12.2. The minimum absolute atomic E-state index is 0.178. The molecule has 4 rings (SSSR count). The summed E-state index contributed by atoms with van der Waals surface area (Å²) in [5.74, 6) is 0.249. The molecule has 2 aliphatic rings. The standard InChI is InChI=1S/C25H31N3O4/c29-24(19-5-2-1-3-6-19)28-22(25(30)31)12-14-32-21-15-17(16-21)8-10-20-11-9-18-7-4-13-26-23(18)27-20/h1-3,5-6,9,11,17,21-22H,4,7-8,10,12-16H2,(H,26,27)(H,28,29)(H,30,31)/t17?,21?,22-/m0/s1. The second-order valence-corrected chi connectivity index (χ2v) is 8.73. The fourth-order valence-corrected chi connectivity index (χ4v) is 4.35. The van der Waals surface area contributed by atoms with Gasteiger partial charge in [0.25, 0.3) is 5.91 Å². The van der Waals surface area contributed by atoms with Crippen LogP contribution < -0.4 is 10.6 Å². The van der Waals surface area contributed by atoms with Gasteiger partial charge >= 0.3 is 5.97 Å². The highest BCUT2D eigenvalue weighted by Gasteiger charge is 2.30. The summed E-state index contributed by atoms with van der Waals surface area (Å²) < 4.78 is 5.86. The normalized spacial score (nSPS) is 20.4. The molecule has 1 fully saturated rings. The van der Waals surface area contributed by atoms with Gasteiger partial charge in [0.2, 0.25) is 0 Å². The number of carbonyl (C=O) groups is 2. The molecule has 3 N–H and O–H groups in total. The number of carboxylic acid groups (broad SMARTS) is 1. The third-order valence-electron chi connectivity index (χ3n) is 6.35. The Kier molecular flexibility index (Phi) is 7.37. The number of nitrogens with one attached hydrogen (secondary N) is 2. The lowest BCUT2D eigenvalue weighted by Gasteiger charge is -2.35. The van der Waals surface area contributed by atoms with Crippen molar-refractivity contribution in [1.82, 2.24) is 10.3 Å². The van der Waals surface area contributed by atoms with Gasteiger partial charge in [0.05, 0.1) is 6.10 Å². The Morgan fingerprint density at radius 3 is 2.78 bits per heavy atom. The SMILES string of the molecule is O=C(N[C@@H](CCOC1CC(CCc2ccc3c(n2)NCCC3)C1)C(=O)O)c1ccccc1. The third-order valence-corrected chi connectivity index (χ3v) is 6.35. The molecule has 32 heavy (non-hydrogen) atoms. The van der Waals surface area contributed by atoms with Gasteiger partial charge in [-0.15, -0.1) is 0 Å². The lowest BCUT2D eigenvalue weighted by molar-refractivity contribution is -0.140. The van der Waals surface area contributed by atoms with Gasteiger partial charge in [0.1, 0.15) is 11.9 Å². The predicted molar refractivity (Wildman–Crippen MR) is 122 cm³/mol. The number of anilines is 1. The van der Waals surface area contributed by atoms with E-state index in [-0.39, 0.29) is 18.4 Å². The molecule has 0 saturated heterocycles. The highest BCUT2D eigenvalue weighted by atomic mass is 16.5. The van der Waals surface area contributed by atoms with Crippen molar-refractivity contribution in [3.8, 4) is 0 Å². The quantitative estimate of drug-likeness (QED) is 0.526. The summed E-state index contributed by atoms with van der Waals surface area (Å²) in [6.45, 7) is 1.32. The van der Waals surface area contributed by atoms with E-state index in [1.807, 2.05) is 6.07 Å². The minimum Gasteiger partial charge on any atom is -0.480 e. The van der Waals surface area contributed by atoms with Gasteiger partial charge in [-0.25, -0.2) is 9.78 Å². The Hall–Kier alpha value is -2.93. The number of ether oxygens (including phenoxy) is 1. The van der Waals surface area contributed by atoms with E-state index in [2.05, 4.69) is 22.8 Å². The van der Waals surface area contributed by atoms with Gasteiger partial charge in [-0.2, -0.15) is 0 Å². The van der Waals surface area contributed by atoms with E-state index in [9.17, 15) is 14.7 Å². The number of aryl methyl sites for hydroxylation is 2. The van der Waals surface area contributed by atoms with Crippen LogP contribution in [0.5, 0.6) is 0 Å². The number of rotatable bonds is 10. The van der Waals surface area contributed by atoms with Gasteiger partial charge in [-0.1, -0.05) is 24.3 Å². The van der Waals surface area contributed by atoms with Gasteiger partial charge < -0.3 is 20.5 Å². The summed E-state index contributed by atoms with van der Waals surface area (Å²) in [5, 5.41) is 15.4. The van der Waals surface area contributed by atoms with Crippen LogP contribution in [-0.2, 0) is 22.4 Å². The first kappa shape index (κ1) is 22.3. The Labute approximate surface area is 188 Å². The van der Waals surface area contributed by atoms with Crippen LogP contribution in [0.15, 0.2) is 42.5 Å².